The fourth-order valence-electron chi connectivity index (χ4n) is 6.43. The zero-order valence-electron chi connectivity index (χ0n) is 38.1. The van der Waals surface area contributed by atoms with Crippen molar-refractivity contribution in [1.29, 1.82) is 0 Å². The van der Waals surface area contributed by atoms with Crippen molar-refractivity contribution in [2.75, 3.05) is 125 Å². The fourth-order valence-corrected chi connectivity index (χ4v) is 6.68. The Kier molecular flexibility index (Phi) is 23.9. The largest absolute Gasteiger partial charge is 0.444 e. The van der Waals surface area contributed by atoms with Gasteiger partial charge < -0.3 is 63.1 Å². The predicted octanol–water partition coefficient (Wildman–Crippen LogP) is 3.96. The average Bonchev–Trinajstić information content (AvgIpc) is 3.57. The summed E-state index contributed by atoms with van der Waals surface area (Å²) in [4.78, 5) is 64.5. The van der Waals surface area contributed by atoms with Crippen molar-refractivity contribution in [3.8, 4) is 0 Å². The maximum atomic E-state index is 13.0. The topological polar surface area (TPSA) is 211 Å². The van der Waals surface area contributed by atoms with Crippen LogP contribution < -0.4 is 16.0 Å². The Morgan fingerprint density at radius 2 is 1.28 bits per heavy atom. The maximum Gasteiger partial charge on any atom is 0.410 e. The summed E-state index contributed by atoms with van der Waals surface area (Å²) >= 11 is 6.34. The van der Waals surface area contributed by atoms with Gasteiger partial charge in [0.2, 0.25) is 11.8 Å². The number of halogens is 1. The summed E-state index contributed by atoms with van der Waals surface area (Å²) in [5.41, 5.74) is 2.96. The molecule has 1 atom stereocenters. The van der Waals surface area contributed by atoms with Gasteiger partial charge in [0.1, 0.15) is 11.6 Å². The third-order valence-electron chi connectivity index (χ3n) is 9.67. The van der Waals surface area contributed by atoms with Crippen molar-refractivity contribution in [2.24, 2.45) is 0 Å². The summed E-state index contributed by atoms with van der Waals surface area (Å²) < 4.78 is 49.6. The molecule has 6 amide bonds. The van der Waals surface area contributed by atoms with E-state index in [1.807, 2.05) is 39.0 Å². The molecule has 4 rings (SSSR count). The Labute approximate surface area is 386 Å². The van der Waals surface area contributed by atoms with E-state index in [4.69, 9.17) is 54.2 Å². The van der Waals surface area contributed by atoms with Gasteiger partial charge in [0, 0.05) is 49.4 Å². The molecular formula is C45H66ClN5O14. The monoisotopic (exact) mass is 935 g/mol. The molecule has 1 fully saturated rings. The van der Waals surface area contributed by atoms with Gasteiger partial charge in [-0.1, -0.05) is 23.7 Å². The quantitative estimate of drug-likeness (QED) is 0.0722. The molecule has 65 heavy (non-hydrogen) atoms. The van der Waals surface area contributed by atoms with E-state index in [1.54, 1.807) is 25.2 Å². The second kappa shape index (κ2) is 29.3. The molecule has 2 aromatic rings. The van der Waals surface area contributed by atoms with Crippen LogP contribution in [0.1, 0.15) is 60.7 Å². The Morgan fingerprint density at radius 1 is 0.738 bits per heavy atom. The van der Waals surface area contributed by atoms with Crippen LogP contribution >= 0.6 is 11.6 Å². The number of piperidine rings is 1. The molecule has 1 saturated heterocycles. The average molecular weight is 936 g/mol. The van der Waals surface area contributed by atoms with Crippen molar-refractivity contribution in [2.45, 2.75) is 64.8 Å². The van der Waals surface area contributed by atoms with E-state index >= 15 is 0 Å². The molecule has 0 radical (unpaired) electrons. The standard InChI is InChI=1S/C45H66ClN5O14/c1-45(2,3)65-44(56)50(4)10-12-58-14-16-60-18-20-62-22-24-64-26-25-63-23-21-61-19-17-59-15-13-57-11-9-33-28-36(46)30-37(29-33)48-43(55)47-31-34-5-6-38-35(27-34)32-51(42(38)54)39-7-8-40(52)49-41(39)53/h5-6,27-30,39H,7-26,31-32H2,1-4H3,(H2,47,48,55)(H,49,52,53). The highest BCUT2D eigenvalue weighted by Gasteiger charge is 2.39. The number of imide groups is 1. The molecule has 0 spiro atoms. The van der Waals surface area contributed by atoms with Crippen LogP contribution in [-0.2, 0) is 71.7 Å². The lowest BCUT2D eigenvalue weighted by atomic mass is 10.0. The summed E-state index contributed by atoms with van der Waals surface area (Å²) in [6.07, 6.45) is 0.683. The number of nitrogens with one attached hydrogen (secondary N) is 3. The van der Waals surface area contributed by atoms with E-state index in [2.05, 4.69) is 16.0 Å². The van der Waals surface area contributed by atoms with Gasteiger partial charge in [-0.3, -0.25) is 19.7 Å². The summed E-state index contributed by atoms with van der Waals surface area (Å²) in [6, 6.07) is 9.50. The molecule has 2 heterocycles. The van der Waals surface area contributed by atoms with Crippen molar-refractivity contribution >= 4 is 47.1 Å². The highest BCUT2D eigenvalue weighted by Crippen LogP contribution is 2.28. The molecule has 3 N–H and O–H groups in total. The number of hydrogen-bond donors (Lipinski definition) is 3. The molecule has 19 nitrogen and oxygen atoms in total. The molecule has 362 valence electrons. The van der Waals surface area contributed by atoms with Crippen molar-refractivity contribution < 1.29 is 66.6 Å². The van der Waals surface area contributed by atoms with Gasteiger partial charge >= 0.3 is 12.1 Å². The van der Waals surface area contributed by atoms with Crippen molar-refractivity contribution in [1.82, 2.24) is 20.4 Å². The second-order valence-electron chi connectivity index (χ2n) is 16.1. The third kappa shape index (κ3) is 21.2. The van der Waals surface area contributed by atoms with Crippen LogP contribution in [-0.4, -0.2) is 171 Å². The Hall–Kier alpha value is -4.44. The summed E-state index contributed by atoms with van der Waals surface area (Å²) in [6.45, 7) is 13.4. The summed E-state index contributed by atoms with van der Waals surface area (Å²) in [5, 5.41) is 8.42. The Bertz CT molecular complexity index is 1810. The molecule has 0 saturated carbocycles. The maximum absolute atomic E-state index is 13.0. The van der Waals surface area contributed by atoms with Gasteiger partial charge in [-0.05, 0) is 74.6 Å². The van der Waals surface area contributed by atoms with Gasteiger partial charge in [0.05, 0.1) is 106 Å². The number of benzene rings is 2. The molecule has 0 bridgehead atoms. The van der Waals surface area contributed by atoms with Gasteiger partial charge in [0.15, 0.2) is 0 Å². The minimum Gasteiger partial charge on any atom is -0.444 e. The van der Waals surface area contributed by atoms with Gasteiger partial charge in [0.25, 0.3) is 5.91 Å². The minimum absolute atomic E-state index is 0.188. The van der Waals surface area contributed by atoms with Crippen molar-refractivity contribution in [3.63, 3.8) is 0 Å². The molecule has 2 aliphatic heterocycles. The zero-order valence-corrected chi connectivity index (χ0v) is 38.8. The minimum atomic E-state index is -0.687. The SMILES string of the molecule is CN(CCOCCOCCOCCOCCOCCOCCOCCOCCc1cc(Cl)cc(NC(=O)NCc2ccc3c(c2)CN(C2CCC(=O)NC2=O)C3=O)c1)C(=O)OC(C)(C)C. The van der Waals surface area contributed by atoms with E-state index in [9.17, 15) is 24.0 Å². The number of carbonyl (C=O) groups excluding carboxylic acids is 5. The lowest BCUT2D eigenvalue weighted by Gasteiger charge is -2.29. The normalized spacial score (nSPS) is 14.9. The number of amides is 6. The third-order valence-corrected chi connectivity index (χ3v) is 9.89. The molecule has 20 heteroatoms. The Morgan fingerprint density at radius 3 is 1.82 bits per heavy atom. The highest BCUT2D eigenvalue weighted by molar-refractivity contribution is 6.31. The van der Waals surface area contributed by atoms with E-state index in [0.29, 0.717) is 141 Å². The zero-order chi connectivity index (χ0) is 46.9. The summed E-state index contributed by atoms with van der Waals surface area (Å²) in [7, 11) is 1.67. The van der Waals surface area contributed by atoms with Crippen LogP contribution in [0.5, 0.6) is 0 Å². The number of ether oxygens (including phenoxy) is 9. The van der Waals surface area contributed by atoms with Crippen LogP contribution in [0.15, 0.2) is 36.4 Å². The number of fused-ring (bicyclic) bond motifs is 1. The number of nitrogens with zero attached hydrogens (tertiary/aromatic N) is 2. The second-order valence-corrected chi connectivity index (χ2v) is 16.5. The van der Waals surface area contributed by atoms with Crippen LogP contribution in [0, 0.1) is 0 Å². The van der Waals surface area contributed by atoms with Crippen LogP contribution in [0.25, 0.3) is 0 Å². The molecule has 2 aromatic carbocycles. The van der Waals surface area contributed by atoms with Crippen LogP contribution in [0.2, 0.25) is 5.02 Å². The molecule has 0 aromatic heterocycles. The highest BCUT2D eigenvalue weighted by atomic mass is 35.5. The van der Waals surface area contributed by atoms with E-state index in [0.717, 1.165) is 16.7 Å². The van der Waals surface area contributed by atoms with E-state index in [1.165, 1.54) is 9.80 Å². The molecule has 0 aliphatic carbocycles. The number of anilines is 1. The number of rotatable bonds is 31. The molecule has 1 unspecified atom stereocenters. The first-order chi connectivity index (χ1) is 31.3. The van der Waals surface area contributed by atoms with Gasteiger partial charge in [-0.25, -0.2) is 9.59 Å². The molecule has 2 aliphatic rings. The van der Waals surface area contributed by atoms with Gasteiger partial charge in [-0.15, -0.1) is 0 Å². The van der Waals surface area contributed by atoms with Crippen LogP contribution in [0.3, 0.4) is 0 Å². The first-order valence-electron chi connectivity index (χ1n) is 22.0. The lowest BCUT2D eigenvalue weighted by molar-refractivity contribution is -0.136. The Balaban J connectivity index is 0.904. The first kappa shape index (κ1) is 53.2. The predicted molar refractivity (Wildman–Crippen MR) is 239 cm³/mol. The first-order valence-corrected chi connectivity index (χ1v) is 22.3. The number of urea groups is 1. The smallest absolute Gasteiger partial charge is 0.410 e. The number of carbonyl (C=O) groups is 5. The van der Waals surface area contributed by atoms with E-state index < -0.39 is 23.6 Å². The van der Waals surface area contributed by atoms with Gasteiger partial charge in [-0.2, -0.15) is 0 Å². The lowest BCUT2D eigenvalue weighted by Crippen LogP contribution is -2.52. The number of likely N-dealkylation sites (N-methyl/N-ethyl adjacent to an activating group) is 1. The van der Waals surface area contributed by atoms with E-state index in [-0.39, 0.29) is 37.4 Å². The van der Waals surface area contributed by atoms with Crippen LogP contribution in [0.4, 0.5) is 15.3 Å². The molecular weight excluding hydrogens is 870 g/mol. The fraction of sp³-hybridized carbons (Fsp3) is 0.622. The summed E-state index contributed by atoms with van der Waals surface area (Å²) in [5.74, 6) is -1.04. The number of hydrogen-bond acceptors (Lipinski definition) is 14. The van der Waals surface area contributed by atoms with Crippen molar-refractivity contribution in [3.05, 3.63) is 63.7 Å².